The SMILES string of the molecule is Cc1ccc(-c2nc(CN3CCN(C(=O)Cc4ccc(F)cc4)CC3)cs2)cc1. The number of amides is 1. The summed E-state index contributed by atoms with van der Waals surface area (Å²) in [5.74, 6) is -0.172. The molecule has 1 aromatic heterocycles. The van der Waals surface area contributed by atoms with Crippen molar-refractivity contribution in [1.29, 1.82) is 0 Å². The number of halogens is 1. The van der Waals surface area contributed by atoms with E-state index >= 15 is 0 Å². The van der Waals surface area contributed by atoms with Crippen LogP contribution in [0.4, 0.5) is 4.39 Å². The van der Waals surface area contributed by atoms with Gasteiger partial charge in [0.2, 0.25) is 5.91 Å². The Hall–Kier alpha value is -2.57. The monoisotopic (exact) mass is 409 g/mol. The van der Waals surface area contributed by atoms with Crippen LogP contribution < -0.4 is 0 Å². The Morgan fingerprint density at radius 1 is 1.03 bits per heavy atom. The number of hydrogen-bond acceptors (Lipinski definition) is 4. The van der Waals surface area contributed by atoms with Crippen LogP contribution in [0, 0.1) is 12.7 Å². The van der Waals surface area contributed by atoms with Gasteiger partial charge in [-0.05, 0) is 24.6 Å². The van der Waals surface area contributed by atoms with E-state index in [2.05, 4.69) is 41.5 Å². The molecule has 0 saturated carbocycles. The number of nitrogens with zero attached hydrogens (tertiary/aromatic N) is 3. The third-order valence-corrected chi connectivity index (χ3v) is 6.17. The van der Waals surface area contributed by atoms with Gasteiger partial charge in [0.1, 0.15) is 10.8 Å². The summed E-state index contributed by atoms with van der Waals surface area (Å²) in [6.07, 6.45) is 0.326. The van der Waals surface area contributed by atoms with Crippen LogP contribution >= 0.6 is 11.3 Å². The van der Waals surface area contributed by atoms with Gasteiger partial charge in [0, 0.05) is 43.7 Å². The van der Waals surface area contributed by atoms with E-state index in [1.54, 1.807) is 23.5 Å². The molecular weight excluding hydrogens is 385 g/mol. The minimum atomic E-state index is -0.276. The van der Waals surface area contributed by atoms with Gasteiger partial charge in [0.05, 0.1) is 12.1 Å². The molecule has 0 atom stereocenters. The van der Waals surface area contributed by atoms with E-state index in [-0.39, 0.29) is 11.7 Å². The quantitative estimate of drug-likeness (QED) is 0.635. The molecule has 29 heavy (non-hydrogen) atoms. The van der Waals surface area contributed by atoms with Crippen molar-refractivity contribution in [2.24, 2.45) is 0 Å². The minimum Gasteiger partial charge on any atom is -0.340 e. The third-order valence-electron chi connectivity index (χ3n) is 5.23. The highest BCUT2D eigenvalue weighted by molar-refractivity contribution is 7.13. The molecule has 1 amide bonds. The number of aryl methyl sites for hydroxylation is 1. The maximum atomic E-state index is 13.0. The molecule has 0 spiro atoms. The van der Waals surface area contributed by atoms with E-state index in [9.17, 15) is 9.18 Å². The first-order chi connectivity index (χ1) is 14.1. The Bertz CT molecular complexity index is 961. The van der Waals surface area contributed by atoms with Crippen LogP contribution in [0.2, 0.25) is 0 Å². The molecule has 0 N–H and O–H groups in total. The van der Waals surface area contributed by atoms with Gasteiger partial charge in [-0.3, -0.25) is 9.69 Å². The number of carbonyl (C=O) groups is 1. The maximum Gasteiger partial charge on any atom is 0.227 e. The van der Waals surface area contributed by atoms with Crippen LogP contribution in [0.25, 0.3) is 10.6 Å². The van der Waals surface area contributed by atoms with Gasteiger partial charge in [-0.25, -0.2) is 9.37 Å². The van der Waals surface area contributed by atoms with Crippen LogP contribution in [0.3, 0.4) is 0 Å². The molecule has 2 aromatic carbocycles. The van der Waals surface area contributed by atoms with Gasteiger partial charge >= 0.3 is 0 Å². The number of carbonyl (C=O) groups excluding carboxylic acids is 1. The summed E-state index contributed by atoms with van der Waals surface area (Å²) in [5.41, 5.74) is 4.34. The Balaban J connectivity index is 1.28. The molecule has 4 rings (SSSR count). The first-order valence-corrected chi connectivity index (χ1v) is 10.7. The predicted octanol–water partition coefficient (Wildman–Crippen LogP) is 4.14. The summed E-state index contributed by atoms with van der Waals surface area (Å²) in [4.78, 5) is 21.5. The lowest BCUT2D eigenvalue weighted by Gasteiger charge is -2.34. The lowest BCUT2D eigenvalue weighted by Crippen LogP contribution is -2.48. The van der Waals surface area contributed by atoms with Crippen LogP contribution in [-0.2, 0) is 17.8 Å². The molecule has 1 fully saturated rings. The van der Waals surface area contributed by atoms with E-state index in [4.69, 9.17) is 4.98 Å². The topological polar surface area (TPSA) is 36.4 Å². The Kier molecular flexibility index (Phi) is 6.02. The molecule has 150 valence electrons. The van der Waals surface area contributed by atoms with Gasteiger partial charge in [0.25, 0.3) is 0 Å². The normalized spacial score (nSPS) is 14.9. The second-order valence-corrected chi connectivity index (χ2v) is 8.33. The van der Waals surface area contributed by atoms with Crippen LogP contribution in [0.1, 0.15) is 16.8 Å². The highest BCUT2D eigenvalue weighted by Gasteiger charge is 2.22. The minimum absolute atomic E-state index is 0.103. The van der Waals surface area contributed by atoms with E-state index in [1.807, 2.05) is 4.90 Å². The Morgan fingerprint density at radius 3 is 2.41 bits per heavy atom. The van der Waals surface area contributed by atoms with Crippen molar-refractivity contribution >= 4 is 17.2 Å². The number of rotatable bonds is 5. The number of benzene rings is 2. The average Bonchev–Trinajstić information content (AvgIpc) is 3.19. The van der Waals surface area contributed by atoms with Crippen molar-refractivity contribution in [3.8, 4) is 10.6 Å². The van der Waals surface area contributed by atoms with E-state index in [0.29, 0.717) is 6.42 Å². The Labute approximate surface area is 174 Å². The molecular formula is C23H24FN3OS. The van der Waals surface area contributed by atoms with E-state index < -0.39 is 0 Å². The highest BCUT2D eigenvalue weighted by atomic mass is 32.1. The molecule has 0 radical (unpaired) electrons. The first-order valence-electron chi connectivity index (χ1n) is 9.83. The van der Waals surface area contributed by atoms with Gasteiger partial charge in [-0.1, -0.05) is 42.0 Å². The van der Waals surface area contributed by atoms with Crippen LogP contribution in [0.15, 0.2) is 53.9 Å². The van der Waals surface area contributed by atoms with E-state index in [0.717, 1.165) is 54.6 Å². The molecule has 0 bridgehead atoms. The molecule has 4 nitrogen and oxygen atoms in total. The fourth-order valence-corrected chi connectivity index (χ4v) is 4.30. The summed E-state index contributed by atoms with van der Waals surface area (Å²) >= 11 is 1.68. The molecule has 6 heteroatoms. The molecule has 3 aromatic rings. The lowest BCUT2D eigenvalue weighted by atomic mass is 10.1. The zero-order chi connectivity index (χ0) is 20.2. The zero-order valence-electron chi connectivity index (χ0n) is 16.5. The van der Waals surface area contributed by atoms with E-state index in [1.165, 1.54) is 17.7 Å². The summed E-state index contributed by atoms with van der Waals surface area (Å²) in [6.45, 7) is 6.01. The molecule has 1 aliphatic rings. The maximum absolute atomic E-state index is 13.0. The van der Waals surface area contributed by atoms with Crippen molar-refractivity contribution in [1.82, 2.24) is 14.8 Å². The van der Waals surface area contributed by atoms with Gasteiger partial charge < -0.3 is 4.90 Å². The van der Waals surface area contributed by atoms with Crippen molar-refractivity contribution in [2.45, 2.75) is 19.9 Å². The summed E-state index contributed by atoms with van der Waals surface area (Å²) < 4.78 is 13.0. The summed E-state index contributed by atoms with van der Waals surface area (Å²) in [5, 5.41) is 3.18. The van der Waals surface area contributed by atoms with Crippen molar-refractivity contribution in [2.75, 3.05) is 26.2 Å². The number of thiazole rings is 1. The average molecular weight is 410 g/mol. The van der Waals surface area contributed by atoms with Gasteiger partial charge in [-0.15, -0.1) is 11.3 Å². The molecule has 2 heterocycles. The molecule has 0 aliphatic carbocycles. The second kappa shape index (κ2) is 8.84. The highest BCUT2D eigenvalue weighted by Crippen LogP contribution is 2.24. The number of piperazine rings is 1. The summed E-state index contributed by atoms with van der Waals surface area (Å²) in [7, 11) is 0. The second-order valence-electron chi connectivity index (χ2n) is 7.47. The largest absolute Gasteiger partial charge is 0.340 e. The fraction of sp³-hybridized carbons (Fsp3) is 0.304. The zero-order valence-corrected chi connectivity index (χ0v) is 17.3. The summed E-state index contributed by atoms with van der Waals surface area (Å²) in [6, 6.07) is 14.6. The van der Waals surface area contributed by atoms with Gasteiger partial charge in [-0.2, -0.15) is 0 Å². The van der Waals surface area contributed by atoms with Crippen LogP contribution in [0.5, 0.6) is 0 Å². The van der Waals surface area contributed by atoms with Crippen molar-refractivity contribution in [3.63, 3.8) is 0 Å². The van der Waals surface area contributed by atoms with Crippen LogP contribution in [-0.4, -0.2) is 46.9 Å². The third kappa shape index (κ3) is 5.08. The molecule has 0 unspecified atom stereocenters. The lowest BCUT2D eigenvalue weighted by molar-refractivity contribution is -0.132. The smallest absolute Gasteiger partial charge is 0.227 e. The van der Waals surface area contributed by atoms with Gasteiger partial charge in [0.15, 0.2) is 0 Å². The predicted molar refractivity (Wildman–Crippen MR) is 114 cm³/mol. The number of hydrogen-bond donors (Lipinski definition) is 0. The first kappa shape index (κ1) is 19.7. The Morgan fingerprint density at radius 2 is 1.72 bits per heavy atom. The number of aromatic nitrogens is 1. The molecule has 1 saturated heterocycles. The van der Waals surface area contributed by atoms with Crippen molar-refractivity contribution < 1.29 is 9.18 Å². The fourth-order valence-electron chi connectivity index (χ4n) is 3.48. The standard InChI is InChI=1S/C23H24FN3OS/c1-17-2-6-19(7-3-17)23-25-21(16-29-23)15-26-10-12-27(13-11-26)22(28)14-18-4-8-20(24)9-5-18/h2-9,16H,10-15H2,1H3. The molecule has 1 aliphatic heterocycles. The van der Waals surface area contributed by atoms with Crippen molar-refractivity contribution in [3.05, 3.63) is 76.5 Å².